The topological polar surface area (TPSA) is 72.4 Å². The summed E-state index contributed by atoms with van der Waals surface area (Å²) in [7, 11) is -3.25. The number of sulfone groups is 1. The minimum absolute atomic E-state index is 0.216. The van der Waals surface area contributed by atoms with Gasteiger partial charge >= 0.3 is 0 Å². The number of hydrogen-bond acceptors (Lipinski definition) is 6. The van der Waals surface area contributed by atoms with Crippen LogP contribution in [0.3, 0.4) is 0 Å². The van der Waals surface area contributed by atoms with Crippen LogP contribution in [0, 0.1) is 0 Å². The minimum Gasteiger partial charge on any atom is -0.377 e. The Balaban J connectivity index is 2.38. The third kappa shape index (κ3) is 2.78. The summed E-state index contributed by atoms with van der Waals surface area (Å²) in [4.78, 5) is 10.5. The highest BCUT2D eigenvalue weighted by atomic mass is 32.2. The molecule has 0 unspecified atom stereocenters. The first-order valence-electron chi connectivity index (χ1n) is 6.60. The molecule has 112 valence electrons. The molecule has 7 heteroatoms. The Hall–Kier alpha value is -1.21. The summed E-state index contributed by atoms with van der Waals surface area (Å²) in [5, 5.41) is 0. The third-order valence-electron chi connectivity index (χ3n) is 3.86. The van der Waals surface area contributed by atoms with Gasteiger partial charge < -0.3 is 9.64 Å². The highest BCUT2D eigenvalue weighted by molar-refractivity contribution is 7.91. The molecule has 0 aromatic carbocycles. The van der Waals surface area contributed by atoms with Crippen LogP contribution in [-0.4, -0.2) is 50.4 Å². The molecule has 0 spiro atoms. The second kappa shape index (κ2) is 5.29. The van der Waals surface area contributed by atoms with E-state index in [1.165, 1.54) is 12.6 Å². The number of aromatic nitrogens is 2. The Bertz CT molecular complexity index is 586. The van der Waals surface area contributed by atoms with E-state index in [4.69, 9.17) is 4.74 Å². The Morgan fingerprint density at radius 2 is 2.10 bits per heavy atom. The molecule has 6 nitrogen and oxygen atoms in total. The van der Waals surface area contributed by atoms with Crippen molar-refractivity contribution >= 4 is 15.7 Å². The van der Waals surface area contributed by atoms with Crippen molar-refractivity contribution in [2.24, 2.45) is 0 Å². The molecule has 1 aromatic heterocycles. The van der Waals surface area contributed by atoms with E-state index >= 15 is 0 Å². The van der Waals surface area contributed by atoms with Gasteiger partial charge in [0.2, 0.25) is 0 Å². The third-order valence-corrected chi connectivity index (χ3v) is 5.92. The number of nitrogens with zero attached hydrogens (tertiary/aromatic N) is 3. The lowest BCUT2D eigenvalue weighted by Gasteiger charge is -2.34. The first kappa shape index (κ1) is 15.2. The maximum absolute atomic E-state index is 11.9. The zero-order valence-electron chi connectivity index (χ0n) is 12.3. The molecule has 1 aliphatic heterocycles. The highest BCUT2D eigenvalue weighted by Gasteiger charge is 2.34. The summed E-state index contributed by atoms with van der Waals surface area (Å²) in [6.07, 6.45) is 2.66. The molecular weight excluding hydrogens is 278 g/mol. The molecule has 0 aliphatic carbocycles. The van der Waals surface area contributed by atoms with Crippen LogP contribution in [0.5, 0.6) is 0 Å². The summed E-state index contributed by atoms with van der Waals surface area (Å²) >= 11 is 0. The molecule has 0 amide bonds. The second-order valence-electron chi connectivity index (χ2n) is 5.66. The Morgan fingerprint density at radius 1 is 1.40 bits per heavy atom. The summed E-state index contributed by atoms with van der Waals surface area (Å²) in [5.74, 6) is 0.752. The average molecular weight is 299 g/mol. The number of morpholine rings is 1. The maximum Gasteiger partial charge on any atom is 0.158 e. The van der Waals surface area contributed by atoms with Gasteiger partial charge in [0.1, 0.15) is 16.9 Å². The molecule has 0 saturated carbocycles. The van der Waals surface area contributed by atoms with Crippen molar-refractivity contribution in [2.45, 2.75) is 31.6 Å². The van der Waals surface area contributed by atoms with E-state index in [0.717, 1.165) is 12.4 Å². The Morgan fingerprint density at radius 3 is 2.70 bits per heavy atom. The Labute approximate surface area is 120 Å². The molecule has 20 heavy (non-hydrogen) atoms. The average Bonchev–Trinajstić information content (AvgIpc) is 2.38. The first-order chi connectivity index (χ1) is 9.23. The van der Waals surface area contributed by atoms with Crippen LogP contribution in [0.1, 0.15) is 26.5 Å². The van der Waals surface area contributed by atoms with Crippen LogP contribution in [0.2, 0.25) is 0 Å². The largest absolute Gasteiger partial charge is 0.377 e. The van der Waals surface area contributed by atoms with Gasteiger partial charge in [0.15, 0.2) is 9.84 Å². The molecule has 2 rings (SSSR count). The molecular formula is C13H21N3O3S. The van der Waals surface area contributed by atoms with Gasteiger partial charge in [-0.05, 0) is 20.8 Å². The van der Waals surface area contributed by atoms with Crippen LogP contribution >= 0.6 is 0 Å². The van der Waals surface area contributed by atoms with E-state index in [-0.39, 0.29) is 6.04 Å². The van der Waals surface area contributed by atoms with Crippen LogP contribution < -0.4 is 4.90 Å². The van der Waals surface area contributed by atoms with Gasteiger partial charge in [-0.25, -0.2) is 18.4 Å². The summed E-state index contributed by atoms with van der Waals surface area (Å²) in [6, 6.07) is 1.98. The van der Waals surface area contributed by atoms with Gasteiger partial charge in [0.05, 0.1) is 24.9 Å². The summed E-state index contributed by atoms with van der Waals surface area (Å²) in [5.41, 5.74) is 0.517. The van der Waals surface area contributed by atoms with E-state index in [0.29, 0.717) is 18.9 Å². The maximum atomic E-state index is 11.9. The van der Waals surface area contributed by atoms with Gasteiger partial charge in [-0.2, -0.15) is 0 Å². The molecule has 2 heterocycles. The zero-order valence-corrected chi connectivity index (χ0v) is 13.1. The zero-order chi connectivity index (χ0) is 15.0. The van der Waals surface area contributed by atoms with Crippen molar-refractivity contribution in [3.8, 4) is 0 Å². The van der Waals surface area contributed by atoms with Crippen LogP contribution in [-0.2, 0) is 19.3 Å². The molecule has 0 N–H and O–H groups in total. The number of anilines is 1. The smallest absolute Gasteiger partial charge is 0.158 e. The second-order valence-corrected chi connectivity index (χ2v) is 8.23. The Kier molecular flexibility index (Phi) is 4.02. The predicted octanol–water partition coefficient (Wildman–Crippen LogP) is 0.981. The predicted molar refractivity (Wildman–Crippen MR) is 77.5 cm³/mol. The van der Waals surface area contributed by atoms with Crippen LogP contribution in [0.4, 0.5) is 5.82 Å². The fourth-order valence-corrected chi connectivity index (χ4v) is 2.58. The summed E-state index contributed by atoms with van der Waals surface area (Å²) < 4.78 is 28.2. The van der Waals surface area contributed by atoms with Crippen molar-refractivity contribution in [1.29, 1.82) is 0 Å². The van der Waals surface area contributed by atoms with Gasteiger partial charge in [-0.1, -0.05) is 0 Å². The molecule has 0 bridgehead atoms. The van der Waals surface area contributed by atoms with Crippen LogP contribution in [0.25, 0.3) is 0 Å². The molecule has 1 atom stereocenters. The van der Waals surface area contributed by atoms with Crippen molar-refractivity contribution in [1.82, 2.24) is 9.97 Å². The van der Waals surface area contributed by atoms with Gasteiger partial charge in [-0.3, -0.25) is 0 Å². The SMILES string of the molecule is C[C@H]1COCCN1c1cc(C(C)(C)S(C)(=O)=O)ncn1. The lowest BCUT2D eigenvalue weighted by Crippen LogP contribution is -2.44. The fourth-order valence-electron chi connectivity index (χ4n) is 2.09. The molecule has 1 saturated heterocycles. The van der Waals surface area contributed by atoms with Gasteiger partial charge in [0, 0.05) is 18.9 Å². The highest BCUT2D eigenvalue weighted by Crippen LogP contribution is 2.29. The van der Waals surface area contributed by atoms with E-state index < -0.39 is 14.6 Å². The molecule has 1 fully saturated rings. The van der Waals surface area contributed by atoms with Crippen molar-refractivity contribution < 1.29 is 13.2 Å². The van der Waals surface area contributed by atoms with Crippen molar-refractivity contribution in [3.63, 3.8) is 0 Å². The van der Waals surface area contributed by atoms with Crippen molar-refractivity contribution in [3.05, 3.63) is 18.1 Å². The molecule has 0 radical (unpaired) electrons. The number of hydrogen-bond donors (Lipinski definition) is 0. The minimum atomic E-state index is -3.25. The number of rotatable bonds is 3. The normalized spacial score (nSPS) is 21.0. The van der Waals surface area contributed by atoms with Gasteiger partial charge in [0.25, 0.3) is 0 Å². The van der Waals surface area contributed by atoms with E-state index in [2.05, 4.69) is 21.8 Å². The fraction of sp³-hybridized carbons (Fsp3) is 0.692. The quantitative estimate of drug-likeness (QED) is 0.828. The lowest BCUT2D eigenvalue weighted by molar-refractivity contribution is 0.0985. The monoisotopic (exact) mass is 299 g/mol. The number of ether oxygens (including phenoxy) is 1. The molecule has 1 aromatic rings. The van der Waals surface area contributed by atoms with E-state index in [9.17, 15) is 8.42 Å². The lowest BCUT2D eigenvalue weighted by atomic mass is 10.1. The molecule has 1 aliphatic rings. The van der Waals surface area contributed by atoms with E-state index in [1.54, 1.807) is 19.9 Å². The summed E-state index contributed by atoms with van der Waals surface area (Å²) in [6.45, 7) is 7.43. The standard InChI is InChI=1S/C13H21N3O3S/c1-10-8-19-6-5-16(10)12-7-11(14-9-15-12)13(2,3)20(4,17)18/h7,9-10H,5-6,8H2,1-4H3/t10-/m0/s1. The van der Waals surface area contributed by atoms with Crippen LogP contribution in [0.15, 0.2) is 12.4 Å². The van der Waals surface area contributed by atoms with Gasteiger partial charge in [-0.15, -0.1) is 0 Å². The van der Waals surface area contributed by atoms with Crippen molar-refractivity contribution in [2.75, 3.05) is 30.9 Å². The first-order valence-corrected chi connectivity index (χ1v) is 8.49. The van der Waals surface area contributed by atoms with E-state index in [1.807, 2.05) is 0 Å².